The molecule has 0 aromatic heterocycles. The molecule has 2 nitrogen and oxygen atoms in total. The molecule has 1 fully saturated rings. The summed E-state index contributed by atoms with van der Waals surface area (Å²) in [5.41, 5.74) is 4.22. The lowest BCUT2D eigenvalue weighted by Crippen LogP contribution is -2.43. The fourth-order valence-corrected chi connectivity index (χ4v) is 2.23. The molecule has 16 heavy (non-hydrogen) atoms. The Balaban J connectivity index is 2.25. The van der Waals surface area contributed by atoms with E-state index in [1.165, 1.54) is 16.8 Å². The second kappa shape index (κ2) is 4.88. The first kappa shape index (κ1) is 11.5. The third kappa shape index (κ3) is 2.56. The molecule has 2 heteroatoms. The molecular formula is C14H22N2. The van der Waals surface area contributed by atoms with Gasteiger partial charge in [-0.15, -0.1) is 0 Å². The molecule has 1 heterocycles. The van der Waals surface area contributed by atoms with Crippen LogP contribution >= 0.6 is 0 Å². The summed E-state index contributed by atoms with van der Waals surface area (Å²) in [6.07, 6.45) is 0. The van der Waals surface area contributed by atoms with Gasteiger partial charge in [-0.2, -0.15) is 0 Å². The van der Waals surface area contributed by atoms with Crippen molar-refractivity contribution in [1.82, 2.24) is 5.32 Å². The number of benzene rings is 1. The van der Waals surface area contributed by atoms with Crippen LogP contribution in [-0.2, 0) is 0 Å². The van der Waals surface area contributed by atoms with Crippen LogP contribution in [0.25, 0.3) is 0 Å². The van der Waals surface area contributed by atoms with Crippen molar-refractivity contribution in [2.75, 3.05) is 31.1 Å². The van der Waals surface area contributed by atoms with Crippen molar-refractivity contribution in [1.29, 1.82) is 0 Å². The number of nitrogens with one attached hydrogen (secondary N) is 1. The van der Waals surface area contributed by atoms with Crippen LogP contribution in [0, 0.1) is 6.92 Å². The smallest absolute Gasteiger partial charge is 0.0372 e. The molecule has 0 bridgehead atoms. The number of hydrogen-bond acceptors (Lipinski definition) is 2. The van der Waals surface area contributed by atoms with E-state index in [9.17, 15) is 0 Å². The fraction of sp³-hybridized carbons (Fsp3) is 0.571. The first-order chi connectivity index (χ1) is 7.66. The molecule has 1 saturated heterocycles. The van der Waals surface area contributed by atoms with Crippen LogP contribution in [0.5, 0.6) is 0 Å². The van der Waals surface area contributed by atoms with Crippen molar-refractivity contribution in [2.45, 2.75) is 26.7 Å². The third-order valence-corrected chi connectivity index (χ3v) is 3.23. The van der Waals surface area contributed by atoms with Crippen molar-refractivity contribution < 1.29 is 0 Å². The summed E-state index contributed by atoms with van der Waals surface area (Å²) in [7, 11) is 0. The molecule has 0 amide bonds. The van der Waals surface area contributed by atoms with Crippen LogP contribution in [0.3, 0.4) is 0 Å². The average Bonchev–Trinajstić information content (AvgIpc) is 2.29. The molecule has 0 radical (unpaired) electrons. The Labute approximate surface area is 98.7 Å². The summed E-state index contributed by atoms with van der Waals surface area (Å²) in [5.74, 6) is 0.613. The molecule has 1 aromatic carbocycles. The normalized spacial score (nSPS) is 16.9. The molecular weight excluding hydrogens is 196 g/mol. The van der Waals surface area contributed by atoms with Crippen LogP contribution in [-0.4, -0.2) is 26.2 Å². The third-order valence-electron chi connectivity index (χ3n) is 3.23. The molecule has 1 aromatic rings. The molecule has 0 spiro atoms. The summed E-state index contributed by atoms with van der Waals surface area (Å²) in [6, 6.07) is 6.95. The zero-order chi connectivity index (χ0) is 11.5. The minimum Gasteiger partial charge on any atom is -0.369 e. The second-order valence-corrected chi connectivity index (χ2v) is 4.99. The zero-order valence-corrected chi connectivity index (χ0v) is 10.6. The van der Waals surface area contributed by atoms with E-state index in [4.69, 9.17) is 0 Å². The maximum Gasteiger partial charge on any atom is 0.0372 e. The molecule has 88 valence electrons. The van der Waals surface area contributed by atoms with Gasteiger partial charge in [-0.25, -0.2) is 0 Å². The maximum atomic E-state index is 3.39. The number of anilines is 1. The van der Waals surface area contributed by atoms with E-state index >= 15 is 0 Å². The fourth-order valence-electron chi connectivity index (χ4n) is 2.23. The molecule has 1 aliphatic heterocycles. The summed E-state index contributed by atoms with van der Waals surface area (Å²) in [4.78, 5) is 2.48. The summed E-state index contributed by atoms with van der Waals surface area (Å²) >= 11 is 0. The first-order valence-corrected chi connectivity index (χ1v) is 6.24. The lowest BCUT2D eigenvalue weighted by atomic mass is 10.00. The zero-order valence-electron chi connectivity index (χ0n) is 10.6. The Bertz CT molecular complexity index is 352. The molecule has 0 saturated carbocycles. The molecule has 0 aliphatic carbocycles. The van der Waals surface area contributed by atoms with Crippen molar-refractivity contribution in [3.05, 3.63) is 29.3 Å². The number of piperazine rings is 1. The molecule has 2 rings (SSSR count). The van der Waals surface area contributed by atoms with Crippen molar-refractivity contribution >= 4 is 5.69 Å². The van der Waals surface area contributed by atoms with Gasteiger partial charge in [0.1, 0.15) is 0 Å². The highest BCUT2D eigenvalue weighted by molar-refractivity contribution is 5.52. The van der Waals surface area contributed by atoms with Gasteiger partial charge in [-0.1, -0.05) is 19.9 Å². The largest absolute Gasteiger partial charge is 0.369 e. The van der Waals surface area contributed by atoms with Gasteiger partial charge in [0.2, 0.25) is 0 Å². The van der Waals surface area contributed by atoms with Gasteiger partial charge in [0.05, 0.1) is 0 Å². The van der Waals surface area contributed by atoms with Crippen LogP contribution in [0.15, 0.2) is 18.2 Å². The van der Waals surface area contributed by atoms with Crippen molar-refractivity contribution in [2.24, 2.45) is 0 Å². The van der Waals surface area contributed by atoms with E-state index in [-0.39, 0.29) is 0 Å². The van der Waals surface area contributed by atoms with Crippen molar-refractivity contribution in [3.8, 4) is 0 Å². The van der Waals surface area contributed by atoms with Crippen LogP contribution in [0.4, 0.5) is 5.69 Å². The monoisotopic (exact) mass is 218 g/mol. The van der Waals surface area contributed by atoms with E-state index in [2.05, 4.69) is 49.2 Å². The highest BCUT2D eigenvalue weighted by atomic mass is 15.2. The van der Waals surface area contributed by atoms with Crippen LogP contribution < -0.4 is 10.2 Å². The van der Waals surface area contributed by atoms with Gasteiger partial charge in [-0.05, 0) is 36.1 Å². The first-order valence-electron chi connectivity index (χ1n) is 6.24. The van der Waals surface area contributed by atoms with E-state index in [1.54, 1.807) is 0 Å². The standard InChI is InChI=1S/C14H22N2/c1-11(2)13-8-12(3)9-14(10-13)16-6-4-15-5-7-16/h8-11,15H,4-7H2,1-3H3. The molecule has 0 atom stereocenters. The lowest BCUT2D eigenvalue weighted by Gasteiger charge is -2.30. The predicted molar refractivity (Wildman–Crippen MR) is 70.4 cm³/mol. The van der Waals surface area contributed by atoms with E-state index in [0.29, 0.717) is 5.92 Å². The van der Waals surface area contributed by atoms with E-state index in [1.807, 2.05) is 0 Å². The molecule has 1 aliphatic rings. The second-order valence-electron chi connectivity index (χ2n) is 4.99. The Morgan fingerprint density at radius 3 is 2.44 bits per heavy atom. The highest BCUT2D eigenvalue weighted by Gasteiger charge is 2.12. The van der Waals surface area contributed by atoms with E-state index in [0.717, 1.165) is 26.2 Å². The number of hydrogen-bond donors (Lipinski definition) is 1. The lowest BCUT2D eigenvalue weighted by molar-refractivity contribution is 0.589. The Hall–Kier alpha value is -1.02. The molecule has 0 unspecified atom stereocenters. The van der Waals surface area contributed by atoms with Gasteiger partial charge in [0, 0.05) is 31.9 Å². The minimum atomic E-state index is 0.613. The SMILES string of the molecule is Cc1cc(C(C)C)cc(N2CCNCC2)c1. The summed E-state index contributed by atoms with van der Waals surface area (Å²) in [6.45, 7) is 11.2. The van der Waals surface area contributed by atoms with E-state index < -0.39 is 0 Å². The van der Waals surface area contributed by atoms with Gasteiger partial charge < -0.3 is 10.2 Å². The summed E-state index contributed by atoms with van der Waals surface area (Å²) < 4.78 is 0. The highest BCUT2D eigenvalue weighted by Crippen LogP contribution is 2.24. The van der Waals surface area contributed by atoms with Gasteiger partial charge in [-0.3, -0.25) is 0 Å². The number of rotatable bonds is 2. The maximum absolute atomic E-state index is 3.39. The van der Waals surface area contributed by atoms with Gasteiger partial charge >= 0.3 is 0 Å². The quantitative estimate of drug-likeness (QED) is 0.820. The minimum absolute atomic E-state index is 0.613. The average molecular weight is 218 g/mol. The van der Waals surface area contributed by atoms with Gasteiger partial charge in [0.15, 0.2) is 0 Å². The topological polar surface area (TPSA) is 15.3 Å². The molecule has 1 N–H and O–H groups in total. The number of aryl methyl sites for hydroxylation is 1. The summed E-state index contributed by atoms with van der Waals surface area (Å²) in [5, 5.41) is 3.39. The van der Waals surface area contributed by atoms with Crippen molar-refractivity contribution in [3.63, 3.8) is 0 Å². The van der Waals surface area contributed by atoms with Crippen LogP contribution in [0.1, 0.15) is 30.9 Å². The predicted octanol–water partition coefficient (Wildman–Crippen LogP) is 2.53. The Morgan fingerprint density at radius 1 is 1.12 bits per heavy atom. The number of nitrogens with zero attached hydrogens (tertiary/aromatic N) is 1. The van der Waals surface area contributed by atoms with Gasteiger partial charge in [0.25, 0.3) is 0 Å². The Kier molecular flexibility index (Phi) is 3.49. The Morgan fingerprint density at radius 2 is 1.81 bits per heavy atom. The van der Waals surface area contributed by atoms with Crippen LogP contribution in [0.2, 0.25) is 0 Å².